The predicted molar refractivity (Wildman–Crippen MR) is 173 cm³/mol. The maximum absolute atomic E-state index is 15.5. The summed E-state index contributed by atoms with van der Waals surface area (Å²) in [4.78, 5) is 26.8. The standard InChI is InChI=1S/C33H34ClF3N6O3/c1-19-15-20(2)29(21(3)16-19)30(24-17-22(34)5-7-25(24)35)43(33(44)45)28-9-10-38-32(40-28)39-23-6-8-26(27(18-23)46-31(36)37)42-13-11-41(4)12-14-42/h5-10,15-18,30-31H,11-14H2,1-4H3,(H,44,45)(H,38,39,40). The molecule has 1 unspecified atom stereocenters. The maximum Gasteiger partial charge on any atom is 0.413 e. The van der Waals surface area contributed by atoms with Crippen molar-refractivity contribution in [3.63, 3.8) is 0 Å². The molecule has 1 aliphatic rings. The van der Waals surface area contributed by atoms with E-state index in [-0.39, 0.29) is 28.1 Å². The molecule has 3 aromatic carbocycles. The number of carboxylic acid groups (broad SMARTS) is 1. The Hall–Kier alpha value is -4.55. The predicted octanol–water partition coefficient (Wildman–Crippen LogP) is 7.57. The average Bonchev–Trinajstić information content (AvgIpc) is 2.98. The Bertz CT molecular complexity index is 1710. The average molecular weight is 655 g/mol. The number of benzene rings is 3. The third-order valence-corrected chi connectivity index (χ3v) is 8.13. The summed E-state index contributed by atoms with van der Waals surface area (Å²) in [6.07, 6.45) is -0.0340. The minimum absolute atomic E-state index is 0.0123. The summed E-state index contributed by atoms with van der Waals surface area (Å²) in [5, 5.41) is 13.8. The van der Waals surface area contributed by atoms with Crippen molar-refractivity contribution in [3.05, 3.63) is 99.5 Å². The molecule has 1 aliphatic heterocycles. The molecule has 1 fully saturated rings. The van der Waals surface area contributed by atoms with E-state index in [1.54, 1.807) is 12.1 Å². The molecule has 9 nitrogen and oxygen atoms in total. The van der Waals surface area contributed by atoms with Crippen LogP contribution in [0.2, 0.25) is 5.02 Å². The topological polar surface area (TPSA) is 94.1 Å². The fourth-order valence-electron chi connectivity index (χ4n) is 5.87. The van der Waals surface area contributed by atoms with Crippen molar-refractivity contribution in [2.75, 3.05) is 48.3 Å². The van der Waals surface area contributed by atoms with Crippen molar-refractivity contribution in [1.82, 2.24) is 14.9 Å². The largest absolute Gasteiger partial charge is 0.465 e. The number of nitrogens with zero attached hydrogens (tertiary/aromatic N) is 5. The van der Waals surface area contributed by atoms with E-state index in [2.05, 4.69) is 20.2 Å². The first-order valence-electron chi connectivity index (χ1n) is 14.6. The first-order valence-corrected chi connectivity index (χ1v) is 15.0. The van der Waals surface area contributed by atoms with Crippen LogP contribution in [0.5, 0.6) is 5.75 Å². The van der Waals surface area contributed by atoms with Crippen molar-refractivity contribution < 1.29 is 27.8 Å². The van der Waals surface area contributed by atoms with E-state index in [9.17, 15) is 18.7 Å². The van der Waals surface area contributed by atoms with E-state index in [0.717, 1.165) is 34.7 Å². The lowest BCUT2D eigenvalue weighted by molar-refractivity contribution is -0.0495. The summed E-state index contributed by atoms with van der Waals surface area (Å²) in [7, 11) is 2.00. The third-order valence-electron chi connectivity index (χ3n) is 7.89. The van der Waals surface area contributed by atoms with Gasteiger partial charge in [-0.15, -0.1) is 0 Å². The number of aromatic nitrogens is 2. The van der Waals surface area contributed by atoms with Gasteiger partial charge in [0.2, 0.25) is 5.95 Å². The zero-order valence-corrected chi connectivity index (χ0v) is 26.5. The number of carbonyl (C=O) groups is 1. The summed E-state index contributed by atoms with van der Waals surface area (Å²) in [5.41, 5.74) is 3.98. The molecule has 0 bridgehead atoms. The zero-order valence-electron chi connectivity index (χ0n) is 25.8. The molecule has 2 N–H and O–H groups in total. The van der Waals surface area contributed by atoms with Crippen molar-refractivity contribution in [2.45, 2.75) is 33.4 Å². The Morgan fingerprint density at radius 1 is 1.02 bits per heavy atom. The summed E-state index contributed by atoms with van der Waals surface area (Å²) in [6.45, 7) is 5.40. The molecule has 46 heavy (non-hydrogen) atoms. The van der Waals surface area contributed by atoms with Gasteiger partial charge in [0, 0.05) is 54.7 Å². The molecule has 1 amide bonds. The summed E-state index contributed by atoms with van der Waals surface area (Å²) >= 11 is 6.28. The first kappa shape index (κ1) is 32.8. The second kappa shape index (κ2) is 13.8. The monoisotopic (exact) mass is 654 g/mol. The second-order valence-corrected chi connectivity index (χ2v) is 11.7. The van der Waals surface area contributed by atoms with Crippen LogP contribution < -0.4 is 19.9 Å². The van der Waals surface area contributed by atoms with Crippen LogP contribution in [-0.2, 0) is 0 Å². The SMILES string of the molecule is Cc1cc(C)c(C(c2cc(Cl)ccc2F)N(C(=O)O)c2ccnc(Nc3ccc(N4CCN(C)CC4)c(OC(F)F)c3)n2)c(C)c1. The molecule has 1 saturated heterocycles. The van der Waals surface area contributed by atoms with Gasteiger partial charge in [0.15, 0.2) is 5.75 Å². The number of amides is 1. The fourth-order valence-corrected chi connectivity index (χ4v) is 6.06. The van der Waals surface area contributed by atoms with Gasteiger partial charge < -0.3 is 25.0 Å². The highest BCUT2D eigenvalue weighted by molar-refractivity contribution is 6.30. The van der Waals surface area contributed by atoms with E-state index < -0.39 is 24.6 Å². The van der Waals surface area contributed by atoms with Gasteiger partial charge in [-0.1, -0.05) is 29.3 Å². The number of halogens is 4. The lowest BCUT2D eigenvalue weighted by Crippen LogP contribution is -2.44. The first-order chi connectivity index (χ1) is 21.9. The molecule has 1 atom stereocenters. The number of hydrogen-bond acceptors (Lipinski definition) is 7. The van der Waals surface area contributed by atoms with Gasteiger partial charge in [-0.05, 0) is 80.9 Å². The Kier molecular flexibility index (Phi) is 9.88. The van der Waals surface area contributed by atoms with Crippen molar-refractivity contribution in [1.29, 1.82) is 0 Å². The van der Waals surface area contributed by atoms with Gasteiger partial charge in [0.25, 0.3) is 0 Å². The smallest absolute Gasteiger partial charge is 0.413 e. The lowest BCUT2D eigenvalue weighted by Gasteiger charge is -2.35. The molecule has 1 aromatic heterocycles. The molecular weight excluding hydrogens is 621 g/mol. The highest BCUT2D eigenvalue weighted by atomic mass is 35.5. The molecular formula is C33H34ClF3N6O3. The van der Waals surface area contributed by atoms with Crippen LogP contribution in [0.4, 0.5) is 41.1 Å². The zero-order chi connectivity index (χ0) is 33.1. The number of alkyl halides is 2. The molecule has 5 rings (SSSR count). The van der Waals surface area contributed by atoms with E-state index >= 15 is 4.39 Å². The molecule has 0 spiro atoms. The van der Waals surface area contributed by atoms with E-state index in [4.69, 9.17) is 16.3 Å². The van der Waals surface area contributed by atoms with Gasteiger partial charge >= 0.3 is 12.7 Å². The quantitative estimate of drug-likeness (QED) is 0.191. The number of anilines is 4. The number of ether oxygens (including phenoxy) is 1. The molecule has 13 heteroatoms. The normalized spacial score (nSPS) is 14.3. The number of rotatable bonds is 9. The molecule has 0 saturated carbocycles. The minimum atomic E-state index is -3.04. The van der Waals surface area contributed by atoms with Crippen LogP contribution in [-0.4, -0.2) is 65.9 Å². The van der Waals surface area contributed by atoms with Crippen LogP contribution in [0.15, 0.2) is 60.8 Å². The summed E-state index contributed by atoms with van der Waals surface area (Å²) in [6, 6.07) is 12.8. The van der Waals surface area contributed by atoms with Crippen molar-refractivity contribution in [3.8, 4) is 5.75 Å². The molecule has 2 heterocycles. The lowest BCUT2D eigenvalue weighted by atomic mass is 9.88. The number of likely N-dealkylation sites (N-methyl/N-ethyl adjacent to an activating group) is 1. The van der Waals surface area contributed by atoms with Gasteiger partial charge in [0.05, 0.1) is 11.7 Å². The van der Waals surface area contributed by atoms with Gasteiger partial charge in [-0.2, -0.15) is 13.8 Å². The Labute approximate surface area is 270 Å². The molecule has 0 radical (unpaired) electrons. The maximum atomic E-state index is 15.5. The highest BCUT2D eigenvalue weighted by Gasteiger charge is 2.34. The minimum Gasteiger partial charge on any atom is -0.465 e. The Morgan fingerprint density at radius 2 is 1.72 bits per heavy atom. The number of nitrogens with one attached hydrogen (secondary N) is 1. The number of hydrogen-bond donors (Lipinski definition) is 2. The van der Waals surface area contributed by atoms with Crippen molar-refractivity contribution >= 4 is 40.8 Å². The summed E-state index contributed by atoms with van der Waals surface area (Å²) in [5.74, 6) is -0.720. The fraction of sp³-hybridized carbons (Fsp3) is 0.303. The Balaban J connectivity index is 1.55. The second-order valence-electron chi connectivity index (χ2n) is 11.2. The van der Waals surface area contributed by atoms with Crippen LogP contribution in [0, 0.1) is 26.6 Å². The van der Waals surface area contributed by atoms with Crippen molar-refractivity contribution in [2.24, 2.45) is 0 Å². The highest BCUT2D eigenvalue weighted by Crippen LogP contribution is 2.39. The molecule has 0 aliphatic carbocycles. The van der Waals surface area contributed by atoms with Crippen LogP contribution in [0.25, 0.3) is 0 Å². The Morgan fingerprint density at radius 3 is 2.37 bits per heavy atom. The van der Waals surface area contributed by atoms with E-state index in [0.29, 0.717) is 30.0 Å². The van der Waals surface area contributed by atoms with E-state index in [1.807, 2.05) is 44.9 Å². The summed E-state index contributed by atoms with van der Waals surface area (Å²) < 4.78 is 47.2. The van der Waals surface area contributed by atoms with E-state index in [1.165, 1.54) is 36.5 Å². The van der Waals surface area contributed by atoms with Gasteiger partial charge in [0.1, 0.15) is 11.6 Å². The number of piperazine rings is 1. The van der Waals surface area contributed by atoms with Crippen LogP contribution in [0.1, 0.15) is 33.9 Å². The molecule has 242 valence electrons. The molecule has 4 aromatic rings. The van der Waals surface area contributed by atoms with Gasteiger partial charge in [-0.3, -0.25) is 0 Å². The van der Waals surface area contributed by atoms with Crippen LogP contribution in [0.3, 0.4) is 0 Å². The van der Waals surface area contributed by atoms with Crippen LogP contribution >= 0.6 is 11.6 Å². The number of aryl methyl sites for hydroxylation is 3. The van der Waals surface area contributed by atoms with Gasteiger partial charge in [-0.25, -0.2) is 19.1 Å². The third kappa shape index (κ3) is 7.29.